The van der Waals surface area contributed by atoms with Crippen molar-refractivity contribution in [1.82, 2.24) is 4.90 Å². The molecule has 1 aromatic carbocycles. The molecule has 1 rings (SSSR count). The Morgan fingerprint density at radius 2 is 1.76 bits per heavy atom. The van der Waals surface area contributed by atoms with E-state index in [4.69, 9.17) is 0 Å². The normalized spacial score (nSPS) is 15.0. The van der Waals surface area contributed by atoms with Crippen LogP contribution < -0.4 is 0 Å². The zero-order valence-corrected chi connectivity index (χ0v) is 10.5. The first-order valence-corrected chi connectivity index (χ1v) is 5.75. The molecule has 1 N–H and O–H groups in total. The van der Waals surface area contributed by atoms with Crippen LogP contribution in [0.15, 0.2) is 18.2 Å². The molecule has 0 amide bonds. The predicted molar refractivity (Wildman–Crippen MR) is 63.7 cm³/mol. The van der Waals surface area contributed by atoms with E-state index in [-0.39, 0.29) is 11.6 Å². The van der Waals surface area contributed by atoms with Crippen LogP contribution in [0, 0.1) is 11.6 Å². The number of halogens is 2. The average molecular weight is 243 g/mol. The van der Waals surface area contributed by atoms with Crippen LogP contribution in [0.1, 0.15) is 31.9 Å². The number of aliphatic hydroxyl groups is 1. The van der Waals surface area contributed by atoms with E-state index in [2.05, 4.69) is 0 Å². The quantitative estimate of drug-likeness (QED) is 0.859. The minimum Gasteiger partial charge on any atom is -0.393 e. The molecule has 2 nitrogen and oxygen atoms in total. The number of hydrogen-bond acceptors (Lipinski definition) is 2. The lowest BCUT2D eigenvalue weighted by Gasteiger charge is -2.26. The number of nitrogens with zero attached hydrogens (tertiary/aromatic N) is 1. The van der Waals surface area contributed by atoms with Crippen molar-refractivity contribution in [3.05, 3.63) is 35.4 Å². The molecule has 1 aromatic rings. The van der Waals surface area contributed by atoms with E-state index in [0.717, 1.165) is 0 Å². The molecular formula is C13H19F2NO. The summed E-state index contributed by atoms with van der Waals surface area (Å²) < 4.78 is 27.1. The summed E-state index contributed by atoms with van der Waals surface area (Å²) in [7, 11) is 1.79. The molecule has 0 aliphatic heterocycles. The van der Waals surface area contributed by atoms with E-state index in [1.165, 1.54) is 18.2 Å². The van der Waals surface area contributed by atoms with Crippen LogP contribution in [0.3, 0.4) is 0 Å². The van der Waals surface area contributed by atoms with Gasteiger partial charge in [-0.3, -0.25) is 4.90 Å². The van der Waals surface area contributed by atoms with Crippen molar-refractivity contribution < 1.29 is 13.9 Å². The third kappa shape index (κ3) is 3.75. The highest BCUT2D eigenvalue weighted by Gasteiger charge is 2.19. The first kappa shape index (κ1) is 14.1. The fraction of sp³-hybridized carbons (Fsp3) is 0.538. The Kier molecular flexibility index (Phi) is 5.02. The molecule has 0 aliphatic carbocycles. The monoisotopic (exact) mass is 243 g/mol. The molecule has 0 radical (unpaired) electrons. The zero-order valence-electron chi connectivity index (χ0n) is 10.5. The molecule has 0 heterocycles. The summed E-state index contributed by atoms with van der Waals surface area (Å²) in [5.41, 5.74) is 0.0839. The van der Waals surface area contributed by atoms with E-state index in [1.54, 1.807) is 20.9 Å². The maximum atomic E-state index is 13.5. The second kappa shape index (κ2) is 6.07. The average Bonchev–Trinajstić information content (AvgIpc) is 2.25. The third-order valence-electron chi connectivity index (χ3n) is 2.98. The maximum Gasteiger partial charge on any atom is 0.130 e. The Morgan fingerprint density at radius 3 is 2.24 bits per heavy atom. The van der Waals surface area contributed by atoms with E-state index < -0.39 is 17.7 Å². The number of aliphatic hydroxyl groups excluding tert-OH is 1. The molecule has 0 spiro atoms. The smallest absolute Gasteiger partial charge is 0.130 e. The van der Waals surface area contributed by atoms with Gasteiger partial charge < -0.3 is 5.11 Å². The summed E-state index contributed by atoms with van der Waals surface area (Å²) in [6.45, 7) is 4.04. The topological polar surface area (TPSA) is 23.5 Å². The molecule has 0 aliphatic rings. The zero-order chi connectivity index (χ0) is 13.0. The number of benzene rings is 1. The van der Waals surface area contributed by atoms with Gasteiger partial charge in [0.25, 0.3) is 0 Å². The van der Waals surface area contributed by atoms with Crippen molar-refractivity contribution >= 4 is 0 Å². The molecule has 0 fully saturated rings. The van der Waals surface area contributed by atoms with Gasteiger partial charge in [-0.2, -0.15) is 0 Å². The van der Waals surface area contributed by atoms with Crippen molar-refractivity contribution in [1.29, 1.82) is 0 Å². The number of rotatable bonds is 5. The van der Waals surface area contributed by atoms with Crippen molar-refractivity contribution in [2.45, 2.75) is 32.4 Å². The fourth-order valence-electron chi connectivity index (χ4n) is 1.71. The van der Waals surface area contributed by atoms with Crippen LogP contribution in [0.5, 0.6) is 0 Å². The SMILES string of the molecule is CC(O)CCN(C)C(C)c1c(F)cccc1F. The van der Waals surface area contributed by atoms with Crippen molar-refractivity contribution in [2.24, 2.45) is 0 Å². The van der Waals surface area contributed by atoms with Crippen LogP contribution >= 0.6 is 0 Å². The Morgan fingerprint density at radius 1 is 1.24 bits per heavy atom. The largest absolute Gasteiger partial charge is 0.393 e. The van der Waals surface area contributed by atoms with Crippen LogP contribution in [0.4, 0.5) is 8.78 Å². The molecular weight excluding hydrogens is 224 g/mol. The Balaban J connectivity index is 2.78. The summed E-state index contributed by atoms with van der Waals surface area (Å²) in [6, 6.07) is 3.53. The van der Waals surface area contributed by atoms with Gasteiger partial charge in [0.05, 0.1) is 6.10 Å². The van der Waals surface area contributed by atoms with Gasteiger partial charge in [0.1, 0.15) is 11.6 Å². The van der Waals surface area contributed by atoms with E-state index in [9.17, 15) is 13.9 Å². The third-order valence-corrected chi connectivity index (χ3v) is 2.98. The maximum absolute atomic E-state index is 13.5. The molecule has 0 saturated heterocycles. The van der Waals surface area contributed by atoms with Crippen molar-refractivity contribution in [3.8, 4) is 0 Å². The fourth-order valence-corrected chi connectivity index (χ4v) is 1.71. The summed E-state index contributed by atoms with van der Waals surface area (Å²) in [5.74, 6) is -1.05. The van der Waals surface area contributed by atoms with Crippen molar-refractivity contribution in [2.75, 3.05) is 13.6 Å². The van der Waals surface area contributed by atoms with Crippen LogP contribution in [0.25, 0.3) is 0 Å². The molecule has 0 bridgehead atoms. The predicted octanol–water partition coefficient (Wildman–Crippen LogP) is 2.73. The van der Waals surface area contributed by atoms with Gasteiger partial charge in [0.2, 0.25) is 0 Å². The highest BCUT2D eigenvalue weighted by molar-refractivity contribution is 5.22. The molecule has 17 heavy (non-hydrogen) atoms. The molecule has 4 heteroatoms. The lowest BCUT2D eigenvalue weighted by atomic mass is 10.1. The van der Waals surface area contributed by atoms with Gasteiger partial charge in [-0.25, -0.2) is 8.78 Å². The van der Waals surface area contributed by atoms with Gasteiger partial charge >= 0.3 is 0 Å². The molecule has 0 aromatic heterocycles. The molecule has 96 valence electrons. The van der Waals surface area contributed by atoms with E-state index >= 15 is 0 Å². The van der Waals surface area contributed by atoms with Gasteiger partial charge in [-0.05, 0) is 39.4 Å². The Hall–Kier alpha value is -1.00. The Labute approximate surface area is 101 Å². The molecule has 0 saturated carbocycles. The summed E-state index contributed by atoms with van der Waals surface area (Å²) in [4.78, 5) is 1.83. The second-order valence-electron chi connectivity index (χ2n) is 4.43. The van der Waals surface area contributed by atoms with Crippen LogP contribution in [-0.4, -0.2) is 29.7 Å². The minimum absolute atomic E-state index is 0.0839. The van der Waals surface area contributed by atoms with Gasteiger partial charge in [0.15, 0.2) is 0 Å². The first-order valence-electron chi connectivity index (χ1n) is 5.75. The highest BCUT2D eigenvalue weighted by Crippen LogP contribution is 2.24. The Bertz CT molecular complexity index is 348. The highest BCUT2D eigenvalue weighted by atomic mass is 19.1. The van der Waals surface area contributed by atoms with E-state index in [0.29, 0.717) is 13.0 Å². The van der Waals surface area contributed by atoms with Crippen LogP contribution in [0.2, 0.25) is 0 Å². The van der Waals surface area contributed by atoms with Crippen molar-refractivity contribution in [3.63, 3.8) is 0 Å². The van der Waals surface area contributed by atoms with Gasteiger partial charge in [-0.15, -0.1) is 0 Å². The molecule has 2 unspecified atom stereocenters. The van der Waals surface area contributed by atoms with Crippen LogP contribution in [-0.2, 0) is 0 Å². The summed E-state index contributed by atoms with van der Waals surface area (Å²) in [6.07, 6.45) is 0.173. The van der Waals surface area contributed by atoms with E-state index in [1.807, 2.05) is 4.90 Å². The second-order valence-corrected chi connectivity index (χ2v) is 4.43. The summed E-state index contributed by atoms with van der Waals surface area (Å²) >= 11 is 0. The first-order chi connectivity index (χ1) is 7.93. The standard InChI is InChI=1S/C13H19F2NO/c1-9(17)7-8-16(3)10(2)13-11(14)5-4-6-12(13)15/h4-6,9-10,17H,7-8H2,1-3H3. The molecule has 2 atom stereocenters. The van der Waals surface area contributed by atoms with Gasteiger partial charge in [0, 0.05) is 18.2 Å². The minimum atomic E-state index is -0.526. The van der Waals surface area contributed by atoms with Gasteiger partial charge in [-0.1, -0.05) is 6.07 Å². The lowest BCUT2D eigenvalue weighted by molar-refractivity contribution is 0.151. The summed E-state index contributed by atoms with van der Waals surface area (Å²) in [5, 5.41) is 9.19. The lowest BCUT2D eigenvalue weighted by Crippen LogP contribution is -2.27. The number of hydrogen-bond donors (Lipinski definition) is 1.